The van der Waals surface area contributed by atoms with Gasteiger partial charge in [-0.25, -0.2) is 4.98 Å². The normalized spacial score (nSPS) is 13.7. The van der Waals surface area contributed by atoms with Gasteiger partial charge in [-0.1, -0.05) is 137 Å². The van der Waals surface area contributed by atoms with E-state index in [1.54, 1.807) is 12.3 Å². The second-order valence-corrected chi connectivity index (χ2v) is 18.9. The summed E-state index contributed by atoms with van der Waals surface area (Å²) in [5.41, 5.74) is 12.6. The van der Waals surface area contributed by atoms with Crippen molar-refractivity contribution >= 4 is 55.6 Å². The van der Waals surface area contributed by atoms with Crippen molar-refractivity contribution in [3.05, 3.63) is 205 Å². The maximum atomic E-state index is 8.71. The fraction of sp³-hybridized carbons (Fsp3) is 0.153. The number of aryl methyl sites for hydroxylation is 1. The van der Waals surface area contributed by atoms with Crippen LogP contribution in [0.25, 0.3) is 55.5 Å². The molecule has 0 radical (unpaired) electrons. The Morgan fingerprint density at radius 2 is 1.21 bits per heavy atom. The zero-order valence-corrected chi connectivity index (χ0v) is 39.3. The van der Waals surface area contributed by atoms with E-state index in [0.29, 0.717) is 28.4 Å². The Kier molecular flexibility index (Phi) is 9.87. The second kappa shape index (κ2) is 16.5. The minimum atomic E-state index is -2.42. The number of rotatable bonds is 7. The monoisotopic (exact) mass is 953 g/mol. The summed E-state index contributed by atoms with van der Waals surface area (Å²) in [5, 5.41) is 1.89. The van der Waals surface area contributed by atoms with Crippen molar-refractivity contribution in [2.24, 2.45) is 0 Å². The van der Waals surface area contributed by atoms with Crippen molar-refractivity contribution in [1.82, 2.24) is 14.1 Å². The van der Waals surface area contributed by atoms with Crippen molar-refractivity contribution in [2.75, 3.05) is 9.80 Å². The molecular weight excluding hydrogens is 901 g/mol. The van der Waals surface area contributed by atoms with Gasteiger partial charge in [0.1, 0.15) is 5.82 Å². The van der Waals surface area contributed by atoms with E-state index in [9.17, 15) is 0 Å². The van der Waals surface area contributed by atoms with Crippen molar-refractivity contribution in [3.63, 3.8) is 0 Å². The summed E-state index contributed by atoms with van der Waals surface area (Å²) < 4.78 is 37.1. The van der Waals surface area contributed by atoms with Gasteiger partial charge in [0.25, 0.3) is 0 Å². The van der Waals surface area contributed by atoms with Crippen LogP contribution in [0.3, 0.4) is 0 Å². The average Bonchev–Trinajstić information content (AvgIpc) is 3.99. The van der Waals surface area contributed by atoms with Crippen LogP contribution >= 0.6 is 0 Å². The quantitative estimate of drug-likeness (QED) is 0.118. The molecule has 0 fully saturated rings. The molecule has 11 rings (SSSR count). The summed E-state index contributed by atoms with van der Waals surface area (Å²) in [7, 11) is 0. The largest absolute Gasteiger partial charge is 0.509 e. The third-order valence-corrected chi connectivity index (χ3v) is 12.5. The first kappa shape index (κ1) is 39.5. The molecule has 10 aromatic rings. The first-order valence-corrected chi connectivity index (χ1v) is 22.1. The van der Waals surface area contributed by atoms with E-state index < -0.39 is 6.85 Å². The molecule has 0 bridgehead atoms. The van der Waals surface area contributed by atoms with Gasteiger partial charge in [0.2, 0.25) is 0 Å². The molecule has 0 atom stereocenters. The Labute approximate surface area is 405 Å². The van der Waals surface area contributed by atoms with Crippen LogP contribution in [0.15, 0.2) is 170 Å². The number of hydrogen-bond donors (Lipinski definition) is 0. The molecule has 0 saturated heterocycles. The van der Waals surface area contributed by atoms with E-state index in [4.69, 9.17) is 13.8 Å². The number of ether oxygens (including phenoxy) is 1. The first-order chi connectivity index (χ1) is 32.6. The molecule has 0 spiro atoms. The Balaban J connectivity index is 0.00000553. The fourth-order valence-corrected chi connectivity index (χ4v) is 9.07. The van der Waals surface area contributed by atoms with Crippen LogP contribution in [-0.2, 0) is 31.3 Å². The average molecular weight is 955 g/mol. The van der Waals surface area contributed by atoms with Crippen molar-refractivity contribution in [1.29, 1.82) is 0 Å². The molecule has 6 nitrogen and oxygen atoms in total. The minimum absolute atomic E-state index is 0. The Hall–Kier alpha value is -6.91. The number of anilines is 4. The van der Waals surface area contributed by atoms with Crippen LogP contribution in [0.1, 0.15) is 62.3 Å². The van der Waals surface area contributed by atoms with E-state index in [-0.39, 0.29) is 36.8 Å². The van der Waals surface area contributed by atoms with Gasteiger partial charge in [0.15, 0.2) is 0 Å². The predicted molar refractivity (Wildman–Crippen MR) is 269 cm³/mol. The van der Waals surface area contributed by atoms with Crippen molar-refractivity contribution in [2.45, 2.75) is 59.2 Å². The zero-order chi connectivity index (χ0) is 47.1. The molecule has 0 amide bonds. The molecular formula is C59H50N5OPd-3. The van der Waals surface area contributed by atoms with E-state index in [2.05, 4.69) is 148 Å². The molecule has 4 heterocycles. The Morgan fingerprint density at radius 1 is 0.576 bits per heavy atom. The minimum Gasteiger partial charge on any atom is -0.509 e. The summed E-state index contributed by atoms with van der Waals surface area (Å²) >= 11 is 0. The maximum absolute atomic E-state index is 8.71. The standard InChI is InChI=1S/C59H50N5O.Pd/c1-39-31-55(60-37-50(39)40-19-10-8-11-20-40)64-54-36-47(29-30-49(54)56-57(64)48-25-14-15-26-51(48)63(56)43-21-12-9-13-22-43)65-46-24-18-23-44(35-46)61-38-62(53-28-17-16-27-52(53)61)45-33-41(58(2,3)4)32-42(34-45)59(5,6)7;/h8-34,37-38H,1-7H3;/q-3;/i1D3;. The number of benzene rings is 7. The molecule has 0 unspecified atom stereocenters. The van der Waals surface area contributed by atoms with Gasteiger partial charge in [-0.2, -0.15) is 12.1 Å². The Bertz CT molecular complexity index is 3520. The summed E-state index contributed by atoms with van der Waals surface area (Å²) in [6.07, 6.45) is 1.68. The number of hydrogen-bond acceptors (Lipinski definition) is 4. The van der Waals surface area contributed by atoms with E-state index in [1.807, 2.05) is 89.5 Å². The van der Waals surface area contributed by atoms with Crippen molar-refractivity contribution < 1.29 is 29.3 Å². The number of aromatic nitrogens is 3. The van der Waals surface area contributed by atoms with Crippen LogP contribution in [-0.4, -0.2) is 14.1 Å². The van der Waals surface area contributed by atoms with Gasteiger partial charge >= 0.3 is 0 Å². The van der Waals surface area contributed by atoms with Crippen LogP contribution in [0.2, 0.25) is 0 Å². The van der Waals surface area contributed by atoms with Gasteiger partial charge in [-0.05, 0) is 88.5 Å². The predicted octanol–water partition coefficient (Wildman–Crippen LogP) is 15.5. The molecule has 0 N–H and O–H groups in total. The number of pyridine rings is 1. The van der Waals surface area contributed by atoms with Gasteiger partial charge in [-0.15, -0.1) is 42.7 Å². The van der Waals surface area contributed by atoms with Crippen LogP contribution < -0.4 is 14.5 Å². The molecule has 3 aromatic heterocycles. The summed E-state index contributed by atoms with van der Waals surface area (Å²) in [6, 6.07) is 62.4. The second-order valence-electron chi connectivity index (χ2n) is 18.9. The summed E-state index contributed by atoms with van der Waals surface area (Å²) in [4.78, 5) is 9.46. The van der Waals surface area contributed by atoms with Gasteiger partial charge in [0.05, 0.1) is 11.0 Å². The van der Waals surface area contributed by atoms with Gasteiger partial charge in [0, 0.05) is 81.4 Å². The summed E-state index contributed by atoms with van der Waals surface area (Å²) in [5.74, 6) is 1.45. The fourth-order valence-electron chi connectivity index (χ4n) is 9.07. The molecule has 66 heavy (non-hydrogen) atoms. The molecule has 0 saturated carbocycles. The topological polar surface area (TPSA) is 38.5 Å². The van der Waals surface area contributed by atoms with Crippen molar-refractivity contribution in [3.8, 4) is 34.1 Å². The first-order valence-electron chi connectivity index (χ1n) is 23.6. The number of nitrogens with zero attached hydrogens (tertiary/aromatic N) is 5. The Morgan fingerprint density at radius 3 is 1.92 bits per heavy atom. The van der Waals surface area contributed by atoms with Gasteiger partial charge in [-0.3, -0.25) is 0 Å². The van der Waals surface area contributed by atoms with Crippen LogP contribution in [0, 0.1) is 25.7 Å². The van der Waals surface area contributed by atoms with Crippen LogP contribution in [0.4, 0.5) is 22.7 Å². The van der Waals surface area contributed by atoms with E-state index >= 15 is 0 Å². The number of para-hydroxylation sites is 4. The summed E-state index contributed by atoms with van der Waals surface area (Å²) in [6.45, 7) is 13.3. The third-order valence-electron chi connectivity index (χ3n) is 12.5. The zero-order valence-electron chi connectivity index (χ0n) is 40.7. The molecule has 7 aromatic carbocycles. The molecule has 0 aliphatic carbocycles. The molecule has 1 aliphatic heterocycles. The van der Waals surface area contributed by atoms with Gasteiger partial charge < -0.3 is 23.7 Å². The molecule has 7 heteroatoms. The SMILES string of the molecule is [2H]C([2H])([2H])c1cc(-n2c3[c-]c(Oc4[c-]c(N5[CH-]N(c6cc(C(C)(C)C)cc(C(C)(C)C)c6)c6ccccc65)ccc4)ccc3c3c2c2ccccc2n3-c2ccccc2)ncc1-c1ccccc1.[Pd]. The molecule has 1 aliphatic rings. The van der Waals surface area contributed by atoms with E-state index in [0.717, 1.165) is 61.3 Å². The van der Waals surface area contributed by atoms with E-state index in [1.165, 1.54) is 11.1 Å². The smallest absolute Gasteiger partial charge is 0.135 e. The number of fused-ring (bicyclic) bond motifs is 6. The maximum Gasteiger partial charge on any atom is 0.135 e. The third kappa shape index (κ3) is 7.47. The molecule has 330 valence electrons. The van der Waals surface area contributed by atoms with Crippen LogP contribution in [0.5, 0.6) is 11.5 Å².